The number of fused-ring (bicyclic) bond motifs is 2. The molecule has 0 saturated carbocycles. The molecular formula is C22H22BrFN2O2S2. The molecule has 4 nitrogen and oxygen atoms in total. The molecule has 0 fully saturated rings. The number of para-hydroxylation sites is 1. The lowest BCUT2D eigenvalue weighted by molar-refractivity contribution is 0.423. The summed E-state index contributed by atoms with van der Waals surface area (Å²) >= 11 is 5.15. The van der Waals surface area contributed by atoms with Crippen molar-refractivity contribution >= 4 is 49.4 Å². The average molecular weight is 509 g/mol. The zero-order valence-electron chi connectivity index (χ0n) is 16.7. The van der Waals surface area contributed by atoms with Gasteiger partial charge in [0.25, 0.3) is 0 Å². The number of hydrogen-bond acceptors (Lipinski definition) is 5. The van der Waals surface area contributed by atoms with Crippen LogP contribution in [-0.4, -0.2) is 22.4 Å². The molecule has 0 saturated heterocycles. The number of anilines is 2. The normalized spacial score (nSPS) is 15.2. The topological polar surface area (TPSA) is 52.6 Å². The van der Waals surface area contributed by atoms with E-state index in [1.165, 1.54) is 23.0 Å². The summed E-state index contributed by atoms with van der Waals surface area (Å²) in [7, 11) is -1.18. The van der Waals surface area contributed by atoms with Gasteiger partial charge in [0.05, 0.1) is 31.5 Å². The second-order valence-electron chi connectivity index (χ2n) is 7.27. The van der Waals surface area contributed by atoms with Gasteiger partial charge in [-0.2, -0.15) is 0 Å². The van der Waals surface area contributed by atoms with Gasteiger partial charge in [-0.3, -0.25) is 0 Å². The van der Waals surface area contributed by atoms with Crippen molar-refractivity contribution in [3.8, 4) is 5.75 Å². The largest absolute Gasteiger partial charge is 0.505 e. The van der Waals surface area contributed by atoms with Crippen LogP contribution in [0, 0.1) is 19.7 Å². The monoisotopic (exact) mass is 508 g/mol. The van der Waals surface area contributed by atoms with Gasteiger partial charge in [0.1, 0.15) is 4.21 Å². The van der Waals surface area contributed by atoms with E-state index in [-0.39, 0.29) is 5.75 Å². The summed E-state index contributed by atoms with van der Waals surface area (Å²) < 4.78 is 28.4. The highest BCUT2D eigenvalue weighted by Crippen LogP contribution is 2.50. The summed E-state index contributed by atoms with van der Waals surface area (Å²) in [4.78, 5) is 3.12. The van der Waals surface area contributed by atoms with Gasteiger partial charge in [0, 0.05) is 24.0 Å². The van der Waals surface area contributed by atoms with Gasteiger partial charge in [-0.05, 0) is 66.0 Å². The van der Waals surface area contributed by atoms with Gasteiger partial charge >= 0.3 is 0 Å². The average Bonchev–Trinajstić information content (AvgIpc) is 3.11. The number of halogens is 2. The first-order valence-electron chi connectivity index (χ1n) is 9.63. The summed E-state index contributed by atoms with van der Waals surface area (Å²) in [5, 5.41) is 15.1. The Balaban J connectivity index is 1.51. The molecule has 8 heteroatoms. The minimum Gasteiger partial charge on any atom is -0.505 e. The molecule has 1 aromatic heterocycles. The van der Waals surface area contributed by atoms with Crippen LogP contribution in [-0.2, 0) is 17.3 Å². The van der Waals surface area contributed by atoms with Gasteiger partial charge in [0.2, 0.25) is 0 Å². The van der Waals surface area contributed by atoms with Crippen molar-refractivity contribution in [3.05, 3.63) is 62.7 Å². The quantitative estimate of drug-likeness (QED) is 0.415. The van der Waals surface area contributed by atoms with Crippen molar-refractivity contribution in [2.24, 2.45) is 0 Å². The van der Waals surface area contributed by atoms with E-state index in [9.17, 15) is 13.7 Å². The number of phenolic OH excluding ortho intramolecular Hbond substituents is 1. The zero-order chi connectivity index (χ0) is 21.4. The van der Waals surface area contributed by atoms with Crippen molar-refractivity contribution in [2.45, 2.75) is 35.9 Å². The Labute approximate surface area is 190 Å². The standard InChI is InChI=1S/C22H22BrFN2O2S2/c1-13-7-8-18-19(14(13)2)26(20-16(23)12-29-22(20)30(18)28)10-4-9-25-11-15-5-3-6-17(24)21(15)27/h3,5-8,12,25,27H,4,9-11H2,1-2H3. The fourth-order valence-electron chi connectivity index (χ4n) is 3.67. The van der Waals surface area contributed by atoms with E-state index in [0.717, 1.165) is 43.5 Å². The number of aryl methyl sites for hydroxylation is 1. The Morgan fingerprint density at radius 3 is 2.83 bits per heavy atom. The number of rotatable bonds is 6. The van der Waals surface area contributed by atoms with Crippen LogP contribution in [0.1, 0.15) is 23.1 Å². The summed E-state index contributed by atoms with van der Waals surface area (Å²) in [5.41, 5.74) is 4.88. The lowest BCUT2D eigenvalue weighted by atomic mass is 10.1. The van der Waals surface area contributed by atoms with E-state index in [1.54, 1.807) is 12.1 Å². The highest BCUT2D eigenvalue weighted by atomic mass is 79.9. The molecule has 0 spiro atoms. The molecule has 0 radical (unpaired) electrons. The smallest absolute Gasteiger partial charge is 0.165 e. The maximum atomic E-state index is 13.5. The van der Waals surface area contributed by atoms with Crippen molar-refractivity contribution < 1.29 is 13.7 Å². The Bertz CT molecular complexity index is 1130. The third-order valence-corrected chi connectivity index (χ3v) is 9.05. The highest BCUT2D eigenvalue weighted by molar-refractivity contribution is 9.10. The van der Waals surface area contributed by atoms with Gasteiger partial charge in [-0.1, -0.05) is 18.2 Å². The van der Waals surface area contributed by atoms with E-state index in [0.29, 0.717) is 18.7 Å². The lowest BCUT2D eigenvalue weighted by Crippen LogP contribution is -2.28. The second kappa shape index (κ2) is 8.78. The molecule has 1 aliphatic rings. The zero-order valence-corrected chi connectivity index (χ0v) is 19.9. The van der Waals surface area contributed by atoms with Gasteiger partial charge < -0.3 is 15.3 Å². The molecule has 1 unspecified atom stereocenters. The Hall–Kier alpha value is -1.74. The van der Waals surface area contributed by atoms with Crippen molar-refractivity contribution in [2.75, 3.05) is 18.0 Å². The summed E-state index contributed by atoms with van der Waals surface area (Å²) in [6.07, 6.45) is 0.831. The Morgan fingerprint density at radius 1 is 1.23 bits per heavy atom. The minimum atomic E-state index is -1.18. The van der Waals surface area contributed by atoms with E-state index < -0.39 is 16.6 Å². The molecule has 2 aromatic carbocycles. The number of nitrogens with zero attached hydrogens (tertiary/aromatic N) is 1. The van der Waals surface area contributed by atoms with Crippen LogP contribution in [0.15, 0.2) is 49.3 Å². The van der Waals surface area contributed by atoms with E-state index >= 15 is 0 Å². The number of hydrogen-bond donors (Lipinski definition) is 2. The number of thiophene rings is 1. The molecule has 30 heavy (non-hydrogen) atoms. The second-order valence-corrected chi connectivity index (χ2v) is 10.7. The first-order chi connectivity index (χ1) is 14.4. The fraction of sp³-hybridized carbons (Fsp3) is 0.273. The van der Waals surface area contributed by atoms with E-state index in [1.807, 2.05) is 17.5 Å². The minimum absolute atomic E-state index is 0.296. The molecule has 1 atom stereocenters. The fourth-order valence-corrected chi connectivity index (χ4v) is 7.27. The van der Waals surface area contributed by atoms with Gasteiger partial charge in [0.15, 0.2) is 11.6 Å². The van der Waals surface area contributed by atoms with Crippen LogP contribution < -0.4 is 10.2 Å². The predicted molar refractivity (Wildman–Crippen MR) is 124 cm³/mol. The third kappa shape index (κ3) is 3.82. The third-order valence-electron chi connectivity index (χ3n) is 5.38. The first kappa shape index (κ1) is 21.5. The first-order valence-corrected chi connectivity index (χ1v) is 12.5. The Morgan fingerprint density at radius 2 is 2.03 bits per heavy atom. The number of aromatic hydroxyl groups is 1. The lowest BCUT2D eigenvalue weighted by Gasteiger charge is -2.33. The Kier molecular flexibility index (Phi) is 6.29. The molecule has 158 valence electrons. The molecule has 0 amide bonds. The molecule has 2 N–H and O–H groups in total. The molecule has 0 bridgehead atoms. The number of phenols is 1. The maximum Gasteiger partial charge on any atom is 0.165 e. The van der Waals surface area contributed by atoms with Crippen LogP contribution in [0.3, 0.4) is 0 Å². The highest BCUT2D eigenvalue weighted by Gasteiger charge is 2.32. The number of benzene rings is 2. The van der Waals surface area contributed by atoms with Crippen LogP contribution >= 0.6 is 27.3 Å². The van der Waals surface area contributed by atoms with Crippen molar-refractivity contribution in [1.29, 1.82) is 0 Å². The molecule has 1 aliphatic heterocycles. The molecule has 2 heterocycles. The van der Waals surface area contributed by atoms with E-state index in [2.05, 4.69) is 40.0 Å². The molecule has 4 rings (SSSR count). The van der Waals surface area contributed by atoms with Crippen LogP contribution in [0.2, 0.25) is 0 Å². The summed E-state index contributed by atoms with van der Waals surface area (Å²) in [5.74, 6) is -0.900. The van der Waals surface area contributed by atoms with Crippen LogP contribution in [0.25, 0.3) is 0 Å². The van der Waals surface area contributed by atoms with Crippen molar-refractivity contribution in [1.82, 2.24) is 5.32 Å². The van der Waals surface area contributed by atoms with E-state index in [4.69, 9.17) is 0 Å². The SMILES string of the molecule is Cc1ccc2c(c1C)N(CCCNCc1cccc(F)c1O)c1c(Br)csc1S2=O. The predicted octanol–water partition coefficient (Wildman–Crippen LogP) is 5.77. The summed E-state index contributed by atoms with van der Waals surface area (Å²) in [6, 6.07) is 8.56. The van der Waals surface area contributed by atoms with Gasteiger partial charge in [-0.25, -0.2) is 8.60 Å². The molecular weight excluding hydrogens is 487 g/mol. The van der Waals surface area contributed by atoms with Crippen molar-refractivity contribution in [3.63, 3.8) is 0 Å². The molecule has 0 aliphatic carbocycles. The van der Waals surface area contributed by atoms with Gasteiger partial charge in [-0.15, -0.1) is 11.3 Å². The summed E-state index contributed by atoms with van der Waals surface area (Å²) in [6.45, 7) is 6.00. The van der Waals surface area contributed by atoms with Crippen LogP contribution in [0.4, 0.5) is 15.8 Å². The van der Waals surface area contributed by atoms with Crippen LogP contribution in [0.5, 0.6) is 5.75 Å². The maximum absolute atomic E-state index is 13.5. The number of nitrogens with one attached hydrogen (secondary N) is 1. The molecule has 3 aromatic rings.